The lowest BCUT2D eigenvalue weighted by atomic mass is 9.92. The van der Waals surface area contributed by atoms with E-state index >= 15 is 0 Å². The summed E-state index contributed by atoms with van der Waals surface area (Å²) in [4.78, 5) is 31.1. The standard InChI is InChI=1S/C17H20ClN3O2/c1-11-5-12(2)8-20(7-11)16(22)9-21-10-19-15-4-3-13(18)6-14(15)17(21)23/h3-4,6,10-12H,5,7-9H2,1-2H3/t11-,12-/m1/s1. The lowest BCUT2D eigenvalue weighted by Gasteiger charge is -2.35. The van der Waals surface area contributed by atoms with E-state index in [-0.39, 0.29) is 18.0 Å². The third-order valence-electron chi connectivity index (χ3n) is 4.31. The van der Waals surface area contributed by atoms with Crippen LogP contribution in [0.3, 0.4) is 0 Å². The van der Waals surface area contributed by atoms with Crippen molar-refractivity contribution in [2.75, 3.05) is 13.1 Å². The molecule has 0 spiro atoms. The molecule has 6 heteroatoms. The zero-order valence-electron chi connectivity index (χ0n) is 13.3. The first-order chi connectivity index (χ1) is 10.9. The number of carbonyl (C=O) groups is 1. The molecule has 1 saturated heterocycles. The van der Waals surface area contributed by atoms with Gasteiger partial charge in [0.05, 0.1) is 17.2 Å². The Morgan fingerprint density at radius 3 is 2.70 bits per heavy atom. The van der Waals surface area contributed by atoms with Gasteiger partial charge >= 0.3 is 0 Å². The molecule has 122 valence electrons. The van der Waals surface area contributed by atoms with Crippen molar-refractivity contribution in [2.45, 2.75) is 26.8 Å². The van der Waals surface area contributed by atoms with Gasteiger partial charge in [0, 0.05) is 18.1 Å². The van der Waals surface area contributed by atoms with Crippen LogP contribution in [-0.2, 0) is 11.3 Å². The van der Waals surface area contributed by atoms with Crippen LogP contribution >= 0.6 is 11.6 Å². The topological polar surface area (TPSA) is 55.2 Å². The third kappa shape index (κ3) is 3.39. The number of carbonyl (C=O) groups excluding carboxylic acids is 1. The molecule has 3 rings (SSSR count). The first-order valence-electron chi connectivity index (χ1n) is 7.86. The van der Waals surface area contributed by atoms with Crippen molar-refractivity contribution in [3.8, 4) is 0 Å². The lowest BCUT2D eigenvalue weighted by molar-refractivity contribution is -0.134. The molecule has 1 aliphatic rings. The van der Waals surface area contributed by atoms with Gasteiger partial charge in [-0.1, -0.05) is 25.4 Å². The molecule has 1 aromatic carbocycles. The summed E-state index contributed by atoms with van der Waals surface area (Å²) in [5.41, 5.74) is 0.354. The SMILES string of the molecule is C[C@@H]1C[C@@H](C)CN(C(=O)Cn2cnc3ccc(Cl)cc3c2=O)C1. The molecule has 2 aromatic rings. The van der Waals surface area contributed by atoms with Crippen molar-refractivity contribution in [1.82, 2.24) is 14.5 Å². The second kappa shape index (κ2) is 6.32. The fourth-order valence-corrected chi connectivity index (χ4v) is 3.53. The fourth-order valence-electron chi connectivity index (χ4n) is 3.36. The first-order valence-corrected chi connectivity index (χ1v) is 8.24. The van der Waals surface area contributed by atoms with Crippen LogP contribution in [0, 0.1) is 11.8 Å². The number of benzene rings is 1. The minimum absolute atomic E-state index is 0.0216. The zero-order valence-corrected chi connectivity index (χ0v) is 14.1. The number of fused-ring (bicyclic) bond motifs is 1. The number of nitrogens with zero attached hydrogens (tertiary/aromatic N) is 3. The normalized spacial score (nSPS) is 21.6. The second-order valence-electron chi connectivity index (χ2n) is 6.58. The highest BCUT2D eigenvalue weighted by Crippen LogP contribution is 2.21. The Kier molecular flexibility index (Phi) is 4.39. The number of hydrogen-bond acceptors (Lipinski definition) is 3. The smallest absolute Gasteiger partial charge is 0.261 e. The van der Waals surface area contributed by atoms with E-state index in [1.807, 2.05) is 4.90 Å². The average molecular weight is 334 g/mol. The molecule has 0 unspecified atom stereocenters. The molecule has 0 N–H and O–H groups in total. The van der Waals surface area contributed by atoms with E-state index in [1.165, 1.54) is 10.9 Å². The molecule has 2 atom stereocenters. The predicted molar refractivity (Wildman–Crippen MR) is 90.5 cm³/mol. The summed E-state index contributed by atoms with van der Waals surface area (Å²) in [5, 5.41) is 0.923. The predicted octanol–water partition coefficient (Wildman–Crippen LogP) is 2.55. The Bertz CT molecular complexity index is 792. The van der Waals surface area contributed by atoms with Crippen molar-refractivity contribution in [3.05, 3.63) is 39.9 Å². The Morgan fingerprint density at radius 2 is 2.00 bits per heavy atom. The number of piperidine rings is 1. The molecule has 0 bridgehead atoms. The van der Waals surface area contributed by atoms with Crippen LogP contribution in [0.4, 0.5) is 0 Å². The Labute approximate surface area is 139 Å². The number of likely N-dealkylation sites (tertiary alicyclic amines) is 1. The van der Waals surface area contributed by atoms with Gasteiger partial charge in [-0.05, 0) is 36.5 Å². The molecule has 0 radical (unpaired) electrons. The second-order valence-corrected chi connectivity index (χ2v) is 7.02. The molecule has 1 aromatic heterocycles. The van der Waals surface area contributed by atoms with E-state index in [9.17, 15) is 9.59 Å². The van der Waals surface area contributed by atoms with Gasteiger partial charge in [-0.3, -0.25) is 14.2 Å². The van der Waals surface area contributed by atoms with Crippen LogP contribution < -0.4 is 5.56 Å². The Morgan fingerprint density at radius 1 is 1.30 bits per heavy atom. The number of aromatic nitrogens is 2. The molecule has 5 nitrogen and oxygen atoms in total. The minimum atomic E-state index is -0.232. The summed E-state index contributed by atoms with van der Waals surface area (Å²) in [6, 6.07) is 5.00. The maximum Gasteiger partial charge on any atom is 0.261 e. The van der Waals surface area contributed by atoms with Gasteiger partial charge < -0.3 is 4.90 Å². The highest BCUT2D eigenvalue weighted by atomic mass is 35.5. The molecular formula is C17H20ClN3O2. The van der Waals surface area contributed by atoms with Gasteiger partial charge in [0.2, 0.25) is 5.91 Å². The number of rotatable bonds is 2. The minimum Gasteiger partial charge on any atom is -0.341 e. The highest BCUT2D eigenvalue weighted by molar-refractivity contribution is 6.31. The summed E-state index contributed by atoms with van der Waals surface area (Å²) in [6.45, 7) is 5.84. The van der Waals surface area contributed by atoms with E-state index in [2.05, 4.69) is 18.8 Å². The molecule has 1 aliphatic heterocycles. The van der Waals surface area contributed by atoms with Crippen LogP contribution in [0.1, 0.15) is 20.3 Å². The molecule has 0 aliphatic carbocycles. The summed E-state index contributed by atoms with van der Waals surface area (Å²) in [5.74, 6) is 0.953. The summed E-state index contributed by atoms with van der Waals surface area (Å²) in [6.07, 6.45) is 2.58. The van der Waals surface area contributed by atoms with Gasteiger partial charge in [-0.15, -0.1) is 0 Å². The maximum absolute atomic E-state index is 12.5. The number of hydrogen-bond donors (Lipinski definition) is 0. The van der Waals surface area contributed by atoms with Gasteiger partial charge in [0.25, 0.3) is 5.56 Å². The first kappa shape index (κ1) is 16.0. The summed E-state index contributed by atoms with van der Waals surface area (Å²) >= 11 is 5.95. The fraction of sp³-hybridized carbons (Fsp3) is 0.471. The number of amides is 1. The van der Waals surface area contributed by atoms with E-state index < -0.39 is 0 Å². The van der Waals surface area contributed by atoms with E-state index in [1.54, 1.807) is 18.2 Å². The molecule has 1 amide bonds. The van der Waals surface area contributed by atoms with Crippen molar-refractivity contribution < 1.29 is 4.79 Å². The van der Waals surface area contributed by atoms with E-state index in [0.29, 0.717) is 27.8 Å². The van der Waals surface area contributed by atoms with Crippen LogP contribution in [0.15, 0.2) is 29.3 Å². The third-order valence-corrected chi connectivity index (χ3v) is 4.55. The zero-order chi connectivity index (χ0) is 16.6. The Hall–Kier alpha value is -1.88. The molecule has 23 heavy (non-hydrogen) atoms. The van der Waals surface area contributed by atoms with Crippen LogP contribution in [0.5, 0.6) is 0 Å². The molecule has 0 saturated carbocycles. The summed E-state index contributed by atoms with van der Waals surface area (Å²) < 4.78 is 1.37. The number of halogens is 1. The van der Waals surface area contributed by atoms with E-state index in [4.69, 9.17) is 11.6 Å². The Balaban J connectivity index is 1.85. The quantitative estimate of drug-likeness (QED) is 0.848. The molecule has 2 heterocycles. The van der Waals surface area contributed by atoms with Gasteiger partial charge in [-0.25, -0.2) is 4.98 Å². The molecular weight excluding hydrogens is 314 g/mol. The van der Waals surface area contributed by atoms with Crippen LogP contribution in [0.2, 0.25) is 5.02 Å². The van der Waals surface area contributed by atoms with Crippen LogP contribution in [-0.4, -0.2) is 33.4 Å². The summed E-state index contributed by atoms with van der Waals surface area (Å²) in [7, 11) is 0. The van der Waals surface area contributed by atoms with Crippen molar-refractivity contribution in [2.24, 2.45) is 11.8 Å². The lowest BCUT2D eigenvalue weighted by Crippen LogP contribution is -2.44. The van der Waals surface area contributed by atoms with Gasteiger partial charge in [-0.2, -0.15) is 0 Å². The maximum atomic E-state index is 12.5. The highest BCUT2D eigenvalue weighted by Gasteiger charge is 2.25. The van der Waals surface area contributed by atoms with Gasteiger partial charge in [0.1, 0.15) is 6.54 Å². The average Bonchev–Trinajstić information content (AvgIpc) is 2.49. The monoisotopic (exact) mass is 333 g/mol. The van der Waals surface area contributed by atoms with Gasteiger partial charge in [0.15, 0.2) is 0 Å². The van der Waals surface area contributed by atoms with Crippen molar-refractivity contribution >= 4 is 28.4 Å². The van der Waals surface area contributed by atoms with E-state index in [0.717, 1.165) is 19.5 Å². The van der Waals surface area contributed by atoms with Crippen LogP contribution in [0.25, 0.3) is 10.9 Å². The van der Waals surface area contributed by atoms with Crippen molar-refractivity contribution in [1.29, 1.82) is 0 Å². The largest absolute Gasteiger partial charge is 0.341 e. The van der Waals surface area contributed by atoms with Crippen molar-refractivity contribution in [3.63, 3.8) is 0 Å². The molecule has 1 fully saturated rings.